The van der Waals surface area contributed by atoms with E-state index >= 15 is 0 Å². The maximum Gasteiger partial charge on any atom is 0.265 e. The number of carbonyl (C=O) groups excluding carboxylic acids is 2. The van der Waals surface area contributed by atoms with Gasteiger partial charge in [0.05, 0.1) is 11.2 Å². The SMILES string of the molecule is CC(C(=O)NO)N1CCC(N)(c2ccc(OCc3cc(-c4ccc(Cl)cc4)nc4ccccc34)cc2)C1=O. The summed E-state index contributed by atoms with van der Waals surface area (Å²) in [5, 5.41) is 10.6. The Balaban J connectivity index is 1.35. The van der Waals surface area contributed by atoms with Crippen LogP contribution in [0.1, 0.15) is 24.5 Å². The minimum atomic E-state index is -1.25. The van der Waals surface area contributed by atoms with Crippen LogP contribution in [0, 0.1) is 0 Å². The van der Waals surface area contributed by atoms with Gasteiger partial charge in [0.2, 0.25) is 5.91 Å². The normalized spacial score (nSPS) is 18.0. The maximum atomic E-state index is 13.1. The van der Waals surface area contributed by atoms with Gasteiger partial charge < -0.3 is 15.4 Å². The van der Waals surface area contributed by atoms with Gasteiger partial charge in [0.1, 0.15) is 23.9 Å². The second-order valence-electron chi connectivity index (χ2n) is 9.38. The second kappa shape index (κ2) is 10.4. The number of hydroxylamine groups is 1. The Labute approximate surface area is 224 Å². The quantitative estimate of drug-likeness (QED) is 0.240. The highest BCUT2D eigenvalue weighted by Crippen LogP contribution is 2.33. The number of nitrogens with zero attached hydrogens (tertiary/aromatic N) is 2. The molecule has 38 heavy (non-hydrogen) atoms. The predicted molar refractivity (Wildman–Crippen MR) is 145 cm³/mol. The van der Waals surface area contributed by atoms with Crippen molar-refractivity contribution in [2.75, 3.05) is 6.54 Å². The van der Waals surface area contributed by atoms with Crippen LogP contribution in [0.4, 0.5) is 0 Å². The molecule has 1 aliphatic heterocycles. The lowest BCUT2D eigenvalue weighted by molar-refractivity contribution is -0.143. The van der Waals surface area contributed by atoms with Gasteiger partial charge in [-0.3, -0.25) is 14.8 Å². The summed E-state index contributed by atoms with van der Waals surface area (Å²) in [5.41, 5.74) is 11.1. The van der Waals surface area contributed by atoms with Crippen molar-refractivity contribution in [1.29, 1.82) is 0 Å². The fraction of sp³-hybridized carbons (Fsp3) is 0.207. The second-order valence-corrected chi connectivity index (χ2v) is 9.81. The van der Waals surface area contributed by atoms with Crippen LogP contribution in [0.3, 0.4) is 0 Å². The van der Waals surface area contributed by atoms with E-state index in [1.54, 1.807) is 36.7 Å². The minimum absolute atomic E-state index is 0.313. The van der Waals surface area contributed by atoms with Crippen molar-refractivity contribution in [1.82, 2.24) is 15.4 Å². The lowest BCUT2D eigenvalue weighted by atomic mass is 9.89. The van der Waals surface area contributed by atoms with Crippen LogP contribution < -0.4 is 16.0 Å². The van der Waals surface area contributed by atoms with Gasteiger partial charge in [-0.05, 0) is 55.3 Å². The zero-order chi connectivity index (χ0) is 26.9. The standard InChI is InChI=1S/C29H27ClN4O4/c1-18(27(35)33-37)34-15-14-29(31,28(34)36)21-8-12-23(13-9-21)38-17-20-16-26(19-6-10-22(30)11-7-19)32-25-5-3-2-4-24(20)25/h2-13,16,18,37H,14-15,17,31H2,1H3,(H,33,35). The molecule has 0 saturated carbocycles. The number of hydrogen-bond acceptors (Lipinski definition) is 6. The Hall–Kier alpha value is -3.98. The Kier molecular flexibility index (Phi) is 7.03. The minimum Gasteiger partial charge on any atom is -0.489 e. The van der Waals surface area contributed by atoms with Crippen molar-refractivity contribution >= 4 is 34.3 Å². The highest BCUT2D eigenvalue weighted by molar-refractivity contribution is 6.30. The van der Waals surface area contributed by atoms with Gasteiger partial charge in [-0.15, -0.1) is 0 Å². The van der Waals surface area contributed by atoms with Crippen LogP contribution in [0.2, 0.25) is 5.02 Å². The summed E-state index contributed by atoms with van der Waals surface area (Å²) < 4.78 is 6.13. The average molecular weight is 531 g/mol. The van der Waals surface area contributed by atoms with E-state index in [2.05, 4.69) is 0 Å². The number of amides is 2. The molecule has 5 rings (SSSR count). The number of fused-ring (bicyclic) bond motifs is 1. The summed E-state index contributed by atoms with van der Waals surface area (Å²) in [6.45, 7) is 2.18. The molecule has 1 aromatic heterocycles. The number of nitrogens with two attached hydrogens (primary N) is 1. The molecule has 0 radical (unpaired) electrons. The topological polar surface area (TPSA) is 118 Å². The molecule has 0 spiro atoms. The average Bonchev–Trinajstić information content (AvgIpc) is 3.26. The van der Waals surface area contributed by atoms with Crippen molar-refractivity contribution in [3.63, 3.8) is 0 Å². The van der Waals surface area contributed by atoms with Crippen LogP contribution in [-0.2, 0) is 21.7 Å². The zero-order valence-electron chi connectivity index (χ0n) is 20.7. The summed E-state index contributed by atoms with van der Waals surface area (Å²) in [6.07, 6.45) is 0.353. The van der Waals surface area contributed by atoms with E-state index in [9.17, 15) is 9.59 Å². The van der Waals surface area contributed by atoms with Crippen molar-refractivity contribution < 1.29 is 19.5 Å². The van der Waals surface area contributed by atoms with Crippen molar-refractivity contribution in [3.05, 3.63) is 95.0 Å². The zero-order valence-corrected chi connectivity index (χ0v) is 21.5. The van der Waals surface area contributed by atoms with Gasteiger partial charge in [-0.25, -0.2) is 10.5 Å². The Bertz CT molecular complexity index is 1490. The molecule has 4 N–H and O–H groups in total. The Morgan fingerprint density at radius 1 is 1.16 bits per heavy atom. The van der Waals surface area contributed by atoms with Gasteiger partial charge in [0.25, 0.3) is 5.91 Å². The van der Waals surface area contributed by atoms with E-state index in [4.69, 9.17) is 32.3 Å². The largest absolute Gasteiger partial charge is 0.489 e. The van der Waals surface area contributed by atoms with Crippen molar-refractivity contribution in [2.45, 2.75) is 31.5 Å². The van der Waals surface area contributed by atoms with E-state index in [0.717, 1.165) is 27.7 Å². The van der Waals surface area contributed by atoms with Crippen LogP contribution in [0.5, 0.6) is 5.75 Å². The van der Waals surface area contributed by atoms with Gasteiger partial charge in [-0.2, -0.15) is 0 Å². The molecule has 2 heterocycles. The first-order valence-electron chi connectivity index (χ1n) is 12.2. The summed E-state index contributed by atoms with van der Waals surface area (Å²) in [7, 11) is 0. The smallest absolute Gasteiger partial charge is 0.265 e. The fourth-order valence-electron chi connectivity index (χ4n) is 4.78. The van der Waals surface area contributed by atoms with E-state index < -0.39 is 17.5 Å². The summed E-state index contributed by atoms with van der Waals surface area (Å²) >= 11 is 6.06. The number of aromatic nitrogens is 1. The van der Waals surface area contributed by atoms with Gasteiger partial charge >= 0.3 is 0 Å². The fourth-order valence-corrected chi connectivity index (χ4v) is 4.90. The van der Waals surface area contributed by atoms with E-state index in [1.807, 2.05) is 54.6 Å². The van der Waals surface area contributed by atoms with Crippen LogP contribution in [-0.4, -0.2) is 39.5 Å². The molecule has 9 heteroatoms. The summed E-state index contributed by atoms with van der Waals surface area (Å²) in [4.78, 5) is 31.1. The number of nitrogens with one attached hydrogen (secondary N) is 1. The Morgan fingerprint density at radius 3 is 2.58 bits per heavy atom. The number of benzene rings is 3. The molecule has 4 aromatic rings. The van der Waals surface area contributed by atoms with Crippen LogP contribution >= 0.6 is 11.6 Å². The summed E-state index contributed by atoms with van der Waals surface area (Å²) in [6, 6.07) is 23.8. The number of likely N-dealkylation sites (tertiary alicyclic amines) is 1. The molecule has 1 saturated heterocycles. The lowest BCUT2D eigenvalue weighted by Crippen LogP contribution is -2.50. The number of ether oxygens (including phenoxy) is 1. The molecule has 2 unspecified atom stereocenters. The number of carbonyl (C=O) groups is 2. The molecule has 8 nitrogen and oxygen atoms in total. The van der Waals surface area contributed by atoms with Gasteiger partial charge in [0.15, 0.2) is 0 Å². The Morgan fingerprint density at radius 2 is 1.87 bits per heavy atom. The number of hydrogen-bond donors (Lipinski definition) is 3. The molecular formula is C29H27ClN4O4. The molecule has 1 fully saturated rings. The first kappa shape index (κ1) is 25.7. The van der Waals surface area contributed by atoms with E-state index in [-0.39, 0.29) is 5.91 Å². The third-order valence-corrected chi connectivity index (χ3v) is 7.30. The van der Waals surface area contributed by atoms with Crippen LogP contribution in [0.15, 0.2) is 78.9 Å². The number of para-hydroxylation sites is 1. The highest BCUT2D eigenvalue weighted by Gasteiger charge is 2.47. The molecule has 1 aliphatic rings. The van der Waals surface area contributed by atoms with E-state index in [1.165, 1.54) is 4.90 Å². The van der Waals surface area contributed by atoms with Gasteiger partial charge in [0, 0.05) is 28.1 Å². The third kappa shape index (κ3) is 4.81. The van der Waals surface area contributed by atoms with Crippen molar-refractivity contribution in [3.8, 4) is 17.0 Å². The first-order valence-corrected chi connectivity index (χ1v) is 12.6. The molecule has 0 bridgehead atoms. The third-order valence-electron chi connectivity index (χ3n) is 7.05. The van der Waals surface area contributed by atoms with E-state index in [0.29, 0.717) is 35.9 Å². The number of rotatable bonds is 7. The summed E-state index contributed by atoms with van der Waals surface area (Å²) in [5.74, 6) is -0.393. The molecule has 0 aliphatic carbocycles. The molecule has 2 amide bonds. The lowest BCUT2D eigenvalue weighted by Gasteiger charge is -2.27. The molecule has 3 aromatic carbocycles. The number of pyridine rings is 1. The molecule has 194 valence electrons. The highest BCUT2D eigenvalue weighted by atomic mass is 35.5. The maximum absolute atomic E-state index is 13.1. The van der Waals surface area contributed by atoms with Gasteiger partial charge in [-0.1, -0.05) is 54.1 Å². The number of halogens is 1. The monoisotopic (exact) mass is 530 g/mol. The first-order chi connectivity index (χ1) is 18.3. The predicted octanol–water partition coefficient (Wildman–Crippen LogP) is 4.41. The van der Waals surface area contributed by atoms with Crippen LogP contribution in [0.25, 0.3) is 22.2 Å². The van der Waals surface area contributed by atoms with Crippen molar-refractivity contribution in [2.24, 2.45) is 5.73 Å². The molecular weight excluding hydrogens is 504 g/mol. The molecule has 2 atom stereocenters.